The van der Waals surface area contributed by atoms with Crippen LogP contribution in [-0.2, 0) is 6.42 Å². The molecule has 0 saturated heterocycles. The number of benzene rings is 2. The third kappa shape index (κ3) is 5.10. The van der Waals surface area contributed by atoms with Crippen LogP contribution in [0.2, 0.25) is 13.6 Å². The minimum atomic E-state index is -0.193. The van der Waals surface area contributed by atoms with Crippen molar-refractivity contribution >= 4 is 12.2 Å². The van der Waals surface area contributed by atoms with Crippen molar-refractivity contribution in [1.29, 1.82) is 0 Å². The molecule has 0 spiro atoms. The molecule has 0 saturated carbocycles. The Morgan fingerprint density at radius 1 is 1.09 bits per heavy atom. The molecule has 0 fully saturated rings. The van der Waals surface area contributed by atoms with Crippen LogP contribution in [0.15, 0.2) is 48.5 Å². The van der Waals surface area contributed by atoms with E-state index in [4.69, 9.17) is 4.74 Å². The second kappa shape index (κ2) is 8.16. The largest absolute Gasteiger partial charge is 0.492 e. The standard InChI is InChI=1S/C19H25BFNO/c1-20(2)18-11-10-17(13-19(18)21)23-14-16(22(3)4)12-15-8-6-5-7-9-15/h5-11,13,16H,12,14H2,1-4H3/t16-/m1/s1. The number of hydrogen-bond acceptors (Lipinski definition) is 2. The average molecular weight is 313 g/mol. The van der Waals surface area contributed by atoms with Crippen molar-refractivity contribution in [2.45, 2.75) is 26.1 Å². The van der Waals surface area contributed by atoms with E-state index in [0.717, 1.165) is 11.9 Å². The molecule has 2 nitrogen and oxygen atoms in total. The van der Waals surface area contributed by atoms with Crippen LogP contribution in [0.4, 0.5) is 4.39 Å². The third-order valence-corrected chi connectivity index (χ3v) is 4.08. The summed E-state index contributed by atoms with van der Waals surface area (Å²) in [5.74, 6) is 0.397. The van der Waals surface area contributed by atoms with E-state index in [-0.39, 0.29) is 18.6 Å². The van der Waals surface area contributed by atoms with E-state index < -0.39 is 0 Å². The van der Waals surface area contributed by atoms with E-state index in [1.807, 2.05) is 58.1 Å². The van der Waals surface area contributed by atoms with Gasteiger partial charge in [-0.3, -0.25) is 0 Å². The molecule has 0 N–H and O–H groups in total. The fourth-order valence-corrected chi connectivity index (χ4v) is 2.54. The zero-order valence-electron chi connectivity index (χ0n) is 14.4. The monoisotopic (exact) mass is 313 g/mol. The van der Waals surface area contributed by atoms with Crippen LogP contribution in [0.3, 0.4) is 0 Å². The van der Waals surface area contributed by atoms with Crippen molar-refractivity contribution in [3.8, 4) is 5.75 Å². The van der Waals surface area contributed by atoms with Crippen LogP contribution in [0.25, 0.3) is 0 Å². The first-order valence-corrected chi connectivity index (χ1v) is 8.10. The predicted octanol–water partition coefficient (Wildman–Crippen LogP) is 3.34. The van der Waals surface area contributed by atoms with Gasteiger partial charge in [-0.05, 0) is 37.6 Å². The number of hydrogen-bond donors (Lipinski definition) is 0. The Bertz CT molecular complexity index is 616. The van der Waals surface area contributed by atoms with Gasteiger partial charge in [0.25, 0.3) is 0 Å². The van der Waals surface area contributed by atoms with Crippen molar-refractivity contribution < 1.29 is 9.13 Å². The molecule has 0 aliphatic rings. The van der Waals surface area contributed by atoms with Crippen LogP contribution in [-0.4, -0.2) is 38.4 Å². The highest BCUT2D eigenvalue weighted by Crippen LogP contribution is 2.14. The average Bonchev–Trinajstić information content (AvgIpc) is 2.51. The molecule has 0 bridgehead atoms. The molecule has 4 heteroatoms. The highest BCUT2D eigenvalue weighted by atomic mass is 19.1. The summed E-state index contributed by atoms with van der Waals surface area (Å²) in [6.45, 7) is 4.68. The van der Waals surface area contributed by atoms with Crippen molar-refractivity contribution in [3.63, 3.8) is 0 Å². The van der Waals surface area contributed by atoms with E-state index in [0.29, 0.717) is 12.4 Å². The third-order valence-electron chi connectivity index (χ3n) is 4.08. The van der Waals surface area contributed by atoms with Gasteiger partial charge in [0.15, 0.2) is 6.71 Å². The lowest BCUT2D eigenvalue weighted by molar-refractivity contribution is 0.184. The van der Waals surface area contributed by atoms with Gasteiger partial charge in [-0.1, -0.05) is 50.0 Å². The molecule has 2 aromatic rings. The van der Waals surface area contributed by atoms with Crippen LogP contribution in [0, 0.1) is 5.82 Å². The molecule has 0 aromatic heterocycles. The van der Waals surface area contributed by atoms with Crippen molar-refractivity contribution in [2.75, 3.05) is 20.7 Å². The smallest absolute Gasteiger partial charge is 0.173 e. The Kier molecular flexibility index (Phi) is 6.23. The van der Waals surface area contributed by atoms with Gasteiger partial charge in [0.1, 0.15) is 18.2 Å². The molecule has 2 rings (SSSR count). The summed E-state index contributed by atoms with van der Waals surface area (Å²) in [6, 6.07) is 15.7. The van der Waals surface area contributed by atoms with Crippen molar-refractivity contribution in [3.05, 3.63) is 59.9 Å². The van der Waals surface area contributed by atoms with Crippen molar-refractivity contribution in [2.24, 2.45) is 0 Å². The van der Waals surface area contributed by atoms with Crippen LogP contribution >= 0.6 is 0 Å². The Labute approximate surface area is 139 Å². The Morgan fingerprint density at radius 3 is 2.35 bits per heavy atom. The maximum absolute atomic E-state index is 14.0. The molecule has 0 heterocycles. The zero-order chi connectivity index (χ0) is 16.8. The molecule has 0 aliphatic carbocycles. The molecule has 1 atom stereocenters. The van der Waals surface area contributed by atoms with Crippen LogP contribution in [0.1, 0.15) is 5.56 Å². The Morgan fingerprint density at radius 2 is 1.78 bits per heavy atom. The zero-order valence-corrected chi connectivity index (χ0v) is 14.4. The second-order valence-corrected chi connectivity index (χ2v) is 6.46. The minimum Gasteiger partial charge on any atom is -0.492 e. The Hall–Kier alpha value is -1.81. The van der Waals surface area contributed by atoms with Gasteiger partial charge >= 0.3 is 0 Å². The maximum atomic E-state index is 14.0. The lowest BCUT2D eigenvalue weighted by Crippen LogP contribution is -2.35. The second-order valence-electron chi connectivity index (χ2n) is 6.46. The normalized spacial score (nSPS) is 12.3. The van der Waals surface area contributed by atoms with Crippen LogP contribution in [0.5, 0.6) is 5.75 Å². The molecular weight excluding hydrogens is 288 g/mol. The fraction of sp³-hybridized carbons (Fsp3) is 0.368. The molecule has 0 amide bonds. The first kappa shape index (κ1) is 17.5. The fourth-order valence-electron chi connectivity index (χ4n) is 2.54. The first-order valence-electron chi connectivity index (χ1n) is 8.10. The van der Waals surface area contributed by atoms with Gasteiger partial charge in [0, 0.05) is 12.1 Å². The molecule has 122 valence electrons. The van der Waals surface area contributed by atoms with Crippen LogP contribution < -0.4 is 10.2 Å². The van der Waals surface area contributed by atoms with Gasteiger partial charge in [0.2, 0.25) is 0 Å². The van der Waals surface area contributed by atoms with E-state index in [9.17, 15) is 4.39 Å². The lowest BCUT2D eigenvalue weighted by atomic mass is 9.49. The predicted molar refractivity (Wildman–Crippen MR) is 96.6 cm³/mol. The van der Waals surface area contributed by atoms with E-state index in [2.05, 4.69) is 17.0 Å². The molecule has 0 radical (unpaired) electrons. The van der Waals surface area contributed by atoms with Crippen molar-refractivity contribution in [1.82, 2.24) is 4.90 Å². The van der Waals surface area contributed by atoms with E-state index in [1.165, 1.54) is 11.6 Å². The number of nitrogens with zero attached hydrogens (tertiary/aromatic N) is 1. The van der Waals surface area contributed by atoms with Gasteiger partial charge in [-0.15, -0.1) is 0 Å². The maximum Gasteiger partial charge on any atom is 0.173 e. The van der Waals surface area contributed by atoms with E-state index in [1.54, 1.807) is 0 Å². The summed E-state index contributed by atoms with van der Waals surface area (Å²) in [5.41, 5.74) is 2.00. The van der Waals surface area contributed by atoms with Gasteiger partial charge in [-0.2, -0.15) is 0 Å². The summed E-state index contributed by atoms with van der Waals surface area (Å²) in [5, 5.41) is 0. The summed E-state index contributed by atoms with van der Waals surface area (Å²) in [6.07, 6.45) is 0.903. The summed E-state index contributed by atoms with van der Waals surface area (Å²) in [7, 11) is 4.08. The van der Waals surface area contributed by atoms with Gasteiger partial charge in [-0.25, -0.2) is 4.39 Å². The SMILES string of the molecule is CB(C)c1ccc(OC[C@@H](Cc2ccccc2)N(C)C)cc1F. The number of likely N-dealkylation sites (N-methyl/N-ethyl adjacent to an activating group) is 1. The molecule has 0 unspecified atom stereocenters. The Balaban J connectivity index is 2.00. The van der Waals surface area contributed by atoms with Gasteiger partial charge < -0.3 is 9.64 Å². The summed E-state index contributed by atoms with van der Waals surface area (Å²) in [4.78, 5) is 2.14. The number of ether oxygens (including phenoxy) is 1. The van der Waals surface area contributed by atoms with E-state index >= 15 is 0 Å². The topological polar surface area (TPSA) is 12.5 Å². The number of rotatable bonds is 7. The summed E-state index contributed by atoms with van der Waals surface area (Å²) < 4.78 is 19.9. The summed E-state index contributed by atoms with van der Waals surface area (Å²) >= 11 is 0. The highest BCUT2D eigenvalue weighted by molar-refractivity contribution is 6.70. The quantitative estimate of drug-likeness (QED) is 0.727. The lowest BCUT2D eigenvalue weighted by Gasteiger charge is -2.24. The molecule has 2 aromatic carbocycles. The molecule has 0 aliphatic heterocycles. The van der Waals surface area contributed by atoms with Gasteiger partial charge in [0.05, 0.1) is 0 Å². The first-order chi connectivity index (χ1) is 11.0. The molecule has 23 heavy (non-hydrogen) atoms. The number of halogens is 1. The minimum absolute atomic E-state index is 0.177. The molecular formula is C19H25BFNO. The highest BCUT2D eigenvalue weighted by Gasteiger charge is 2.15.